The smallest absolute Gasteiger partial charge is 0.201 e. The molecule has 0 radical (unpaired) electrons. The van der Waals surface area contributed by atoms with Crippen molar-refractivity contribution in [1.82, 2.24) is 19.7 Å². The Hall–Kier alpha value is -3.94. The fourth-order valence-corrected chi connectivity index (χ4v) is 6.24. The van der Waals surface area contributed by atoms with Crippen molar-refractivity contribution in [3.05, 3.63) is 60.0 Å². The van der Waals surface area contributed by atoms with E-state index >= 15 is 8.78 Å². The number of nitrogens with one attached hydrogen (secondary N) is 1. The lowest BCUT2D eigenvalue weighted by Gasteiger charge is -2.35. The molecule has 2 aromatic heterocycles. The highest BCUT2D eigenvalue weighted by Crippen LogP contribution is 2.41. The van der Waals surface area contributed by atoms with Crippen LogP contribution in [0.15, 0.2) is 48.7 Å². The summed E-state index contributed by atoms with van der Waals surface area (Å²) in [5, 5.41) is 0.760. The lowest BCUT2D eigenvalue weighted by atomic mass is 9.96. The molecule has 2 aliphatic heterocycles. The molecule has 0 spiro atoms. The number of benzene rings is 2. The average Bonchev–Trinajstić information content (AvgIpc) is 3.56. The molecule has 4 heterocycles. The van der Waals surface area contributed by atoms with Gasteiger partial charge in [-0.25, -0.2) is 36.9 Å². The minimum atomic E-state index is -2.85. The summed E-state index contributed by atoms with van der Waals surface area (Å²) in [4.78, 5) is 18.8. The zero-order valence-corrected chi connectivity index (χ0v) is 25.3. The Balaban J connectivity index is 1.54. The summed E-state index contributed by atoms with van der Waals surface area (Å²) in [5.41, 5.74) is 8.90. The topological polar surface area (TPSA) is 127 Å². The van der Waals surface area contributed by atoms with E-state index < -0.39 is 22.9 Å². The van der Waals surface area contributed by atoms with Crippen LogP contribution in [0.5, 0.6) is 0 Å². The van der Waals surface area contributed by atoms with Gasteiger partial charge in [-0.2, -0.15) is 0 Å². The predicted molar refractivity (Wildman–Crippen MR) is 168 cm³/mol. The van der Waals surface area contributed by atoms with Crippen LogP contribution in [0.4, 0.5) is 26.1 Å². The second kappa shape index (κ2) is 13.0. The second-order valence-electron chi connectivity index (χ2n) is 11.2. The van der Waals surface area contributed by atoms with Crippen LogP contribution in [0.2, 0.25) is 0 Å². The van der Waals surface area contributed by atoms with Crippen molar-refractivity contribution >= 4 is 39.1 Å². The fraction of sp³-hybridized carbons (Fsp3) is 0.387. The van der Waals surface area contributed by atoms with Crippen LogP contribution < -0.4 is 20.3 Å². The molecule has 0 saturated carbocycles. The van der Waals surface area contributed by atoms with Gasteiger partial charge in [0.2, 0.25) is 10.9 Å². The highest BCUT2D eigenvalue weighted by Gasteiger charge is 2.27. The SMILES string of the molecule is CC1COCCN1c1nc(-c2ccc(N)nc2)nc2c(N3CCCC3)cc(-c3cccc(C(F)CCN[SH](=O)=O)c3F)cc12. The molecule has 4 aromatic rings. The highest BCUT2D eigenvalue weighted by atomic mass is 32.2. The van der Waals surface area contributed by atoms with Gasteiger partial charge in [-0.3, -0.25) is 0 Å². The first kappa shape index (κ1) is 30.1. The standard InChI is InChI=1S/C31H35F2N7O3S/c1-19-18-43-14-13-40(19)31-24-15-21(22-5-4-6-23(28(22)33)25(32)9-10-36-44(41)42)16-26(39-11-2-3-12-39)29(24)37-30(38-31)20-7-8-27(34)35-17-20/h4-8,15-17,19,25,44H,2-3,9-14,18H2,1H3,(H2,34,35)(H,36,41,42). The number of morpholine rings is 1. The Kier molecular flexibility index (Phi) is 8.87. The third kappa shape index (κ3) is 6.17. The number of nitrogen functional groups attached to an aromatic ring is 1. The number of rotatable bonds is 9. The van der Waals surface area contributed by atoms with Crippen molar-refractivity contribution in [3.63, 3.8) is 0 Å². The number of fused-ring (bicyclic) bond motifs is 1. The number of anilines is 3. The number of hydrogen-bond acceptors (Lipinski definition) is 9. The molecule has 6 rings (SSSR count). The molecule has 2 aromatic carbocycles. The third-order valence-corrected chi connectivity index (χ3v) is 8.69. The molecule has 2 atom stereocenters. The number of thiol groups is 1. The zero-order valence-electron chi connectivity index (χ0n) is 24.4. The second-order valence-corrected chi connectivity index (χ2v) is 12.0. The number of nitrogens with zero attached hydrogens (tertiary/aromatic N) is 5. The number of alkyl halides is 1. The van der Waals surface area contributed by atoms with Crippen LogP contribution in [-0.2, 0) is 15.6 Å². The van der Waals surface area contributed by atoms with Crippen LogP contribution in [0.1, 0.15) is 37.9 Å². The van der Waals surface area contributed by atoms with Gasteiger partial charge < -0.3 is 20.3 Å². The monoisotopic (exact) mass is 623 g/mol. The van der Waals surface area contributed by atoms with Gasteiger partial charge in [0.05, 0.1) is 30.5 Å². The predicted octanol–water partition coefficient (Wildman–Crippen LogP) is 4.42. The van der Waals surface area contributed by atoms with Gasteiger partial charge in [0.15, 0.2) is 5.82 Å². The van der Waals surface area contributed by atoms with E-state index in [2.05, 4.69) is 26.4 Å². The molecule has 2 fully saturated rings. The first-order valence-corrected chi connectivity index (χ1v) is 16.0. The van der Waals surface area contributed by atoms with Gasteiger partial charge >= 0.3 is 0 Å². The Morgan fingerprint density at radius 1 is 1.11 bits per heavy atom. The van der Waals surface area contributed by atoms with Gasteiger partial charge in [0.25, 0.3) is 0 Å². The number of aromatic nitrogens is 3. The van der Waals surface area contributed by atoms with Crippen LogP contribution in [0.25, 0.3) is 33.4 Å². The van der Waals surface area contributed by atoms with Gasteiger partial charge in [-0.15, -0.1) is 0 Å². The summed E-state index contributed by atoms with van der Waals surface area (Å²) < 4.78 is 60.8. The van der Waals surface area contributed by atoms with Gasteiger partial charge in [0.1, 0.15) is 23.6 Å². The van der Waals surface area contributed by atoms with E-state index in [-0.39, 0.29) is 30.1 Å². The summed E-state index contributed by atoms with van der Waals surface area (Å²) in [6.45, 7) is 5.30. The maximum Gasteiger partial charge on any atom is 0.201 e. The quantitative estimate of drug-likeness (QED) is 0.232. The van der Waals surface area contributed by atoms with E-state index in [0.717, 1.165) is 48.1 Å². The van der Waals surface area contributed by atoms with E-state index in [4.69, 9.17) is 20.4 Å². The Morgan fingerprint density at radius 2 is 1.93 bits per heavy atom. The lowest BCUT2D eigenvalue weighted by Crippen LogP contribution is -2.44. The highest BCUT2D eigenvalue weighted by molar-refractivity contribution is 7.70. The first-order chi connectivity index (χ1) is 21.3. The molecular weight excluding hydrogens is 588 g/mol. The molecule has 0 amide bonds. The molecule has 2 saturated heterocycles. The van der Waals surface area contributed by atoms with Crippen LogP contribution >= 0.6 is 0 Å². The first-order valence-electron chi connectivity index (χ1n) is 14.8. The summed E-state index contributed by atoms with van der Waals surface area (Å²) in [5.74, 6) is 0.937. The van der Waals surface area contributed by atoms with Gasteiger partial charge in [-0.05, 0) is 56.0 Å². The third-order valence-electron chi connectivity index (χ3n) is 8.21. The molecule has 44 heavy (non-hydrogen) atoms. The molecule has 2 aliphatic rings. The summed E-state index contributed by atoms with van der Waals surface area (Å²) >= 11 is 0. The van der Waals surface area contributed by atoms with E-state index in [0.29, 0.717) is 42.8 Å². The van der Waals surface area contributed by atoms with Gasteiger partial charge in [0, 0.05) is 54.5 Å². The van der Waals surface area contributed by atoms with Crippen molar-refractivity contribution in [1.29, 1.82) is 0 Å². The summed E-state index contributed by atoms with van der Waals surface area (Å²) in [6, 6.07) is 12.1. The van der Waals surface area contributed by atoms with E-state index in [1.54, 1.807) is 24.4 Å². The number of halogens is 2. The van der Waals surface area contributed by atoms with Crippen molar-refractivity contribution in [2.75, 3.05) is 54.9 Å². The van der Waals surface area contributed by atoms with Crippen molar-refractivity contribution < 1.29 is 21.9 Å². The minimum Gasteiger partial charge on any atom is -0.384 e. The Labute approximate surface area is 256 Å². The Bertz CT molecular complexity index is 1720. The molecule has 2 unspecified atom stereocenters. The maximum atomic E-state index is 16.1. The molecule has 13 heteroatoms. The number of ether oxygens (including phenoxy) is 1. The van der Waals surface area contributed by atoms with E-state index in [1.807, 2.05) is 18.2 Å². The summed E-state index contributed by atoms with van der Waals surface area (Å²) in [6.07, 6.45) is 1.84. The van der Waals surface area contributed by atoms with E-state index in [9.17, 15) is 8.42 Å². The molecule has 232 valence electrons. The van der Waals surface area contributed by atoms with Crippen molar-refractivity contribution in [2.45, 2.75) is 38.4 Å². The fourth-order valence-electron chi connectivity index (χ4n) is 5.93. The van der Waals surface area contributed by atoms with Crippen LogP contribution in [0.3, 0.4) is 0 Å². The number of nitrogens with two attached hydrogens (primary N) is 1. The van der Waals surface area contributed by atoms with E-state index in [1.165, 1.54) is 6.07 Å². The lowest BCUT2D eigenvalue weighted by molar-refractivity contribution is 0.0987. The minimum absolute atomic E-state index is 0.0309. The molecular formula is C31H35F2N7O3S. The van der Waals surface area contributed by atoms with Crippen LogP contribution in [0, 0.1) is 5.82 Å². The Morgan fingerprint density at radius 3 is 2.66 bits per heavy atom. The van der Waals surface area contributed by atoms with Crippen molar-refractivity contribution in [2.24, 2.45) is 0 Å². The van der Waals surface area contributed by atoms with Crippen molar-refractivity contribution in [3.8, 4) is 22.5 Å². The number of pyridine rings is 1. The van der Waals surface area contributed by atoms with Gasteiger partial charge in [-0.1, -0.05) is 18.2 Å². The van der Waals surface area contributed by atoms with Crippen LogP contribution in [-0.4, -0.2) is 68.8 Å². The molecule has 0 aliphatic carbocycles. The molecule has 3 N–H and O–H groups in total. The largest absolute Gasteiger partial charge is 0.384 e. The summed E-state index contributed by atoms with van der Waals surface area (Å²) in [7, 11) is -2.85. The average molecular weight is 624 g/mol. The number of hydrogen-bond donors (Lipinski definition) is 3. The zero-order chi connectivity index (χ0) is 30.8. The maximum absolute atomic E-state index is 16.1. The normalized spacial score (nSPS) is 18.0. The molecule has 10 nitrogen and oxygen atoms in total. The molecule has 0 bridgehead atoms.